The number of nitrogens with one attached hydrogen (secondary N) is 2. The van der Waals surface area contributed by atoms with Crippen molar-refractivity contribution in [2.45, 2.75) is 4.90 Å². The lowest BCUT2D eigenvalue weighted by atomic mass is 10.2. The van der Waals surface area contributed by atoms with E-state index >= 15 is 0 Å². The summed E-state index contributed by atoms with van der Waals surface area (Å²) in [4.78, 5) is 25.2. The van der Waals surface area contributed by atoms with Gasteiger partial charge in [-0.25, -0.2) is 0 Å². The van der Waals surface area contributed by atoms with Gasteiger partial charge in [0.25, 0.3) is 11.8 Å². The van der Waals surface area contributed by atoms with Crippen LogP contribution in [0.15, 0.2) is 41.4 Å². The lowest BCUT2D eigenvalue weighted by Gasteiger charge is -2.09. The summed E-state index contributed by atoms with van der Waals surface area (Å²) >= 11 is 3.13. The molecule has 0 bridgehead atoms. The summed E-state index contributed by atoms with van der Waals surface area (Å²) in [6.45, 7) is 0.629. The number of fused-ring (bicyclic) bond motifs is 2. The van der Waals surface area contributed by atoms with Gasteiger partial charge in [0, 0.05) is 24.1 Å². The summed E-state index contributed by atoms with van der Waals surface area (Å²) in [6, 6.07) is 8.96. The van der Waals surface area contributed by atoms with Gasteiger partial charge in [-0.05, 0) is 48.5 Å². The summed E-state index contributed by atoms with van der Waals surface area (Å²) in [5.74, 6) is 0.578. The van der Waals surface area contributed by atoms with Gasteiger partial charge in [0.2, 0.25) is 0 Å². The van der Waals surface area contributed by atoms with Crippen LogP contribution in [0.3, 0.4) is 0 Å². The summed E-state index contributed by atoms with van der Waals surface area (Å²) in [5.41, 5.74) is 1.80. The van der Waals surface area contributed by atoms with E-state index in [1.54, 1.807) is 30.0 Å². The molecular formula is C15H15N3O2S2. The van der Waals surface area contributed by atoms with Crippen LogP contribution in [0, 0.1) is 0 Å². The first kappa shape index (κ1) is 15.1. The average Bonchev–Trinajstić information content (AvgIpc) is 2.92. The van der Waals surface area contributed by atoms with Crippen LogP contribution < -0.4 is 10.6 Å². The minimum atomic E-state index is -0.170. The van der Waals surface area contributed by atoms with E-state index in [1.807, 2.05) is 28.6 Å². The van der Waals surface area contributed by atoms with Crippen LogP contribution in [-0.4, -0.2) is 34.3 Å². The van der Waals surface area contributed by atoms with Gasteiger partial charge in [0.15, 0.2) is 0 Å². The number of benzene rings is 1. The van der Waals surface area contributed by atoms with Crippen molar-refractivity contribution in [3.05, 3.63) is 47.8 Å². The number of carbonyl (C=O) groups excluding carboxylic acids is 2. The molecule has 0 atom stereocenters. The molecule has 22 heavy (non-hydrogen) atoms. The Balaban J connectivity index is 1.83. The molecule has 3 rings (SSSR count). The molecule has 1 aromatic heterocycles. The number of rotatable bonds is 4. The molecule has 7 heteroatoms. The van der Waals surface area contributed by atoms with Crippen LogP contribution in [0.25, 0.3) is 0 Å². The Morgan fingerprint density at radius 2 is 2.27 bits per heavy atom. The number of nitrogens with zero attached hydrogens (tertiary/aromatic N) is 1. The molecule has 5 nitrogen and oxygen atoms in total. The second kappa shape index (κ2) is 6.50. The van der Waals surface area contributed by atoms with E-state index in [4.69, 9.17) is 0 Å². The van der Waals surface area contributed by atoms with Gasteiger partial charge in [0.05, 0.1) is 10.6 Å². The Hall–Kier alpha value is -1.86. The smallest absolute Gasteiger partial charge is 0.273 e. The minimum absolute atomic E-state index is 0.125. The number of carbonyl (C=O) groups is 2. The first-order valence-corrected chi connectivity index (χ1v) is 8.94. The largest absolute Gasteiger partial charge is 0.351 e. The predicted molar refractivity (Wildman–Crippen MR) is 90.8 cm³/mol. The monoisotopic (exact) mass is 333 g/mol. The van der Waals surface area contributed by atoms with E-state index in [0.717, 1.165) is 10.6 Å². The third-order valence-corrected chi connectivity index (χ3v) is 4.90. The van der Waals surface area contributed by atoms with Crippen molar-refractivity contribution in [3.8, 4) is 0 Å². The number of thioether (sulfide) groups is 1. The zero-order valence-electron chi connectivity index (χ0n) is 12.0. The third-order valence-electron chi connectivity index (χ3n) is 3.22. The lowest BCUT2D eigenvalue weighted by molar-refractivity contribution is 0.0954. The van der Waals surface area contributed by atoms with Crippen LogP contribution >= 0.6 is 23.7 Å². The van der Waals surface area contributed by atoms with Gasteiger partial charge >= 0.3 is 0 Å². The summed E-state index contributed by atoms with van der Waals surface area (Å²) in [7, 11) is 0. The van der Waals surface area contributed by atoms with Crippen LogP contribution in [0.1, 0.15) is 20.8 Å². The van der Waals surface area contributed by atoms with Crippen molar-refractivity contribution in [1.82, 2.24) is 9.29 Å². The van der Waals surface area contributed by atoms with E-state index in [2.05, 4.69) is 10.6 Å². The van der Waals surface area contributed by atoms with Crippen molar-refractivity contribution in [2.24, 2.45) is 0 Å². The topological polar surface area (TPSA) is 63.1 Å². The summed E-state index contributed by atoms with van der Waals surface area (Å²) in [6.07, 6.45) is 3.84. The van der Waals surface area contributed by atoms with Crippen molar-refractivity contribution < 1.29 is 9.59 Å². The molecule has 0 saturated carbocycles. The Labute approximate surface area is 137 Å². The number of hydrogen-bond donors (Lipinski definition) is 2. The van der Waals surface area contributed by atoms with Crippen LogP contribution in [-0.2, 0) is 0 Å². The summed E-state index contributed by atoms with van der Waals surface area (Å²) < 4.78 is 1.82. The van der Waals surface area contributed by atoms with Gasteiger partial charge < -0.3 is 10.6 Å². The van der Waals surface area contributed by atoms with Gasteiger partial charge in [-0.2, -0.15) is 11.8 Å². The number of anilines is 1. The Morgan fingerprint density at radius 3 is 3.09 bits per heavy atom. The number of hydrogen-bond acceptors (Lipinski definition) is 4. The molecule has 1 aromatic carbocycles. The van der Waals surface area contributed by atoms with Crippen molar-refractivity contribution in [1.29, 1.82) is 0 Å². The van der Waals surface area contributed by atoms with E-state index < -0.39 is 0 Å². The Bertz CT molecular complexity index is 727. The standard InChI is InChI=1S/C15H15N3O2S2/c1-21-8-6-16-14(19)10-4-5-13-11(9-10)17-15(20)12-3-2-7-18(12)22-13/h2-5,7,9H,6,8H2,1H3,(H,16,19)(H,17,20). The molecule has 0 spiro atoms. The Morgan fingerprint density at radius 1 is 1.41 bits per heavy atom. The Kier molecular flexibility index (Phi) is 4.44. The van der Waals surface area contributed by atoms with Gasteiger partial charge in [0.1, 0.15) is 5.69 Å². The molecule has 0 unspecified atom stereocenters. The fourth-order valence-electron chi connectivity index (χ4n) is 2.13. The molecule has 0 radical (unpaired) electrons. The summed E-state index contributed by atoms with van der Waals surface area (Å²) in [5, 5.41) is 5.72. The number of amides is 2. The predicted octanol–water partition coefficient (Wildman–Crippen LogP) is 2.70. The van der Waals surface area contributed by atoms with Crippen molar-refractivity contribution >= 4 is 41.2 Å². The maximum Gasteiger partial charge on any atom is 0.273 e. The quantitative estimate of drug-likeness (QED) is 0.845. The van der Waals surface area contributed by atoms with Crippen LogP contribution in [0.2, 0.25) is 0 Å². The highest BCUT2D eigenvalue weighted by atomic mass is 32.2. The molecule has 2 heterocycles. The SMILES string of the molecule is CSCCNC(=O)c1ccc2c(c1)NC(=O)c1cccn1S2. The average molecular weight is 333 g/mol. The van der Waals surface area contributed by atoms with E-state index in [1.165, 1.54) is 11.9 Å². The van der Waals surface area contributed by atoms with Crippen LogP contribution in [0.4, 0.5) is 5.69 Å². The van der Waals surface area contributed by atoms with Gasteiger partial charge in [-0.1, -0.05) is 0 Å². The lowest BCUT2D eigenvalue weighted by Crippen LogP contribution is -2.25. The van der Waals surface area contributed by atoms with Crippen LogP contribution in [0.5, 0.6) is 0 Å². The fraction of sp³-hybridized carbons (Fsp3) is 0.200. The molecular weight excluding hydrogens is 318 g/mol. The molecule has 1 aliphatic heterocycles. The molecule has 2 aromatic rings. The van der Waals surface area contributed by atoms with E-state index in [-0.39, 0.29) is 11.8 Å². The second-order valence-electron chi connectivity index (χ2n) is 4.72. The minimum Gasteiger partial charge on any atom is -0.351 e. The van der Waals surface area contributed by atoms with Gasteiger partial charge in [-0.15, -0.1) is 0 Å². The molecule has 0 aliphatic carbocycles. The zero-order chi connectivity index (χ0) is 15.5. The molecule has 0 saturated heterocycles. The molecule has 0 fully saturated rings. The molecule has 2 N–H and O–H groups in total. The maximum atomic E-state index is 12.2. The fourth-order valence-corrected chi connectivity index (χ4v) is 3.36. The molecule has 114 valence electrons. The van der Waals surface area contributed by atoms with E-state index in [9.17, 15) is 9.59 Å². The first-order valence-electron chi connectivity index (χ1n) is 6.77. The molecule has 1 aliphatic rings. The van der Waals surface area contributed by atoms with E-state index in [0.29, 0.717) is 23.5 Å². The van der Waals surface area contributed by atoms with Crippen molar-refractivity contribution in [2.75, 3.05) is 23.9 Å². The highest BCUT2D eigenvalue weighted by molar-refractivity contribution is 7.98. The normalized spacial score (nSPS) is 12.9. The third kappa shape index (κ3) is 3.00. The maximum absolute atomic E-state index is 12.2. The number of aromatic nitrogens is 1. The zero-order valence-corrected chi connectivity index (χ0v) is 13.6. The highest BCUT2D eigenvalue weighted by Gasteiger charge is 2.20. The van der Waals surface area contributed by atoms with Crippen molar-refractivity contribution in [3.63, 3.8) is 0 Å². The molecule has 2 amide bonds. The second-order valence-corrected chi connectivity index (χ2v) is 6.73. The van der Waals surface area contributed by atoms with Gasteiger partial charge in [-0.3, -0.25) is 13.6 Å². The first-order chi connectivity index (χ1) is 10.7. The highest BCUT2D eigenvalue weighted by Crippen LogP contribution is 2.33.